The molecule has 0 heteroatoms. The van der Waals surface area contributed by atoms with E-state index < -0.39 is 0 Å². The largest absolute Gasteiger partial charge is 0.0502 e. The van der Waals surface area contributed by atoms with Crippen LogP contribution in [0, 0.1) is 29.1 Å². The van der Waals surface area contributed by atoms with Crippen LogP contribution in [-0.4, -0.2) is 0 Å². The Bertz CT molecular complexity index is 222. The summed E-state index contributed by atoms with van der Waals surface area (Å²) >= 11 is 0. The Morgan fingerprint density at radius 3 is 1.57 bits per heavy atom. The first kappa shape index (κ1) is 8.19. The molecule has 4 saturated carbocycles. The molecule has 1 spiro atoms. The van der Waals surface area contributed by atoms with Gasteiger partial charge in [0.05, 0.1) is 0 Å². The number of fused-ring (bicyclic) bond motifs is 4. The van der Waals surface area contributed by atoms with Gasteiger partial charge in [-0.25, -0.2) is 0 Å². The van der Waals surface area contributed by atoms with Crippen LogP contribution in [0.25, 0.3) is 0 Å². The lowest BCUT2D eigenvalue weighted by Crippen LogP contribution is -2.43. The first-order valence-electron chi connectivity index (χ1n) is 6.81. The molecule has 0 heterocycles. The molecule has 0 radical (unpaired) electrons. The van der Waals surface area contributed by atoms with Crippen LogP contribution in [-0.2, 0) is 0 Å². The predicted octanol–water partition coefficient (Wildman–Crippen LogP) is 4.00. The van der Waals surface area contributed by atoms with Crippen LogP contribution < -0.4 is 0 Å². The van der Waals surface area contributed by atoms with Crippen molar-refractivity contribution >= 4 is 0 Å². The van der Waals surface area contributed by atoms with Crippen LogP contribution in [0.1, 0.15) is 57.8 Å². The summed E-state index contributed by atoms with van der Waals surface area (Å²) in [6.07, 6.45) is 14.6. The molecule has 4 unspecified atom stereocenters. The summed E-state index contributed by atoms with van der Waals surface area (Å²) in [6.45, 7) is 0. The molecule has 0 aromatic heterocycles. The topological polar surface area (TPSA) is 0 Å². The van der Waals surface area contributed by atoms with E-state index in [0.29, 0.717) is 0 Å². The van der Waals surface area contributed by atoms with Crippen molar-refractivity contribution in [3.05, 3.63) is 0 Å². The molecule has 14 heavy (non-hydrogen) atoms. The Balaban J connectivity index is 1.79. The fraction of sp³-hybridized carbons (Fsp3) is 1.00. The third kappa shape index (κ3) is 1.06. The Morgan fingerprint density at radius 2 is 1.00 bits per heavy atom. The molecule has 4 fully saturated rings. The molecule has 0 N–H and O–H groups in total. The molecule has 0 aromatic carbocycles. The van der Waals surface area contributed by atoms with Crippen LogP contribution in [0.3, 0.4) is 0 Å². The van der Waals surface area contributed by atoms with E-state index in [0.717, 1.165) is 29.1 Å². The first-order chi connectivity index (χ1) is 6.81. The molecule has 0 aliphatic heterocycles. The molecule has 4 aliphatic carbocycles. The standard InChI is InChI=1S/C14H22/c1-2-11-4-13-5-12-3-10(1)6-14(7-11,8-12)9-13/h10-13H,1-9H2. The van der Waals surface area contributed by atoms with Gasteiger partial charge in [0.1, 0.15) is 0 Å². The second-order valence-corrected chi connectivity index (χ2v) is 7.07. The molecule has 0 aromatic rings. The Morgan fingerprint density at radius 1 is 0.571 bits per heavy atom. The molecule has 0 amide bonds. The third-order valence-electron chi connectivity index (χ3n) is 5.87. The van der Waals surface area contributed by atoms with Gasteiger partial charge in [0.2, 0.25) is 0 Å². The SMILES string of the molecule is C1CC2CC3CC4CC1CC(C2)(C4)C3. The fourth-order valence-corrected chi connectivity index (χ4v) is 5.97. The van der Waals surface area contributed by atoms with Crippen molar-refractivity contribution in [1.82, 2.24) is 0 Å². The summed E-state index contributed by atoms with van der Waals surface area (Å²) in [6, 6.07) is 0. The van der Waals surface area contributed by atoms with E-state index in [9.17, 15) is 0 Å². The highest BCUT2D eigenvalue weighted by molar-refractivity contribution is 5.02. The van der Waals surface area contributed by atoms with Gasteiger partial charge in [-0.05, 0) is 74.0 Å². The zero-order chi connectivity index (χ0) is 9.17. The van der Waals surface area contributed by atoms with E-state index in [-0.39, 0.29) is 0 Å². The average molecular weight is 190 g/mol. The van der Waals surface area contributed by atoms with Crippen molar-refractivity contribution in [2.75, 3.05) is 0 Å². The van der Waals surface area contributed by atoms with Gasteiger partial charge in [-0.2, -0.15) is 0 Å². The summed E-state index contributed by atoms with van der Waals surface area (Å²) < 4.78 is 0. The second-order valence-electron chi connectivity index (χ2n) is 7.07. The zero-order valence-corrected chi connectivity index (χ0v) is 9.17. The molecular weight excluding hydrogens is 168 g/mol. The maximum atomic E-state index is 1.64. The van der Waals surface area contributed by atoms with Crippen molar-refractivity contribution in [1.29, 1.82) is 0 Å². The average Bonchev–Trinajstić information content (AvgIpc) is 2.16. The third-order valence-corrected chi connectivity index (χ3v) is 5.87. The lowest BCUT2D eigenvalue weighted by molar-refractivity contribution is -0.0297. The molecule has 0 saturated heterocycles. The maximum absolute atomic E-state index is 1.64. The summed E-state index contributed by atoms with van der Waals surface area (Å²) in [5.41, 5.74) is 0.885. The molecule has 4 atom stereocenters. The first-order valence-corrected chi connectivity index (χ1v) is 6.81. The molecule has 78 valence electrons. The molecule has 0 nitrogen and oxygen atoms in total. The van der Waals surface area contributed by atoms with Crippen LogP contribution in [0.2, 0.25) is 0 Å². The van der Waals surface area contributed by atoms with Crippen molar-refractivity contribution in [3.8, 4) is 0 Å². The maximum Gasteiger partial charge on any atom is -0.0287 e. The minimum Gasteiger partial charge on any atom is -0.0502 e. The number of hydrogen-bond acceptors (Lipinski definition) is 0. The highest BCUT2D eigenvalue weighted by Crippen LogP contribution is 2.63. The highest BCUT2D eigenvalue weighted by Gasteiger charge is 2.51. The van der Waals surface area contributed by atoms with E-state index in [2.05, 4.69) is 0 Å². The summed E-state index contributed by atoms with van der Waals surface area (Å²) in [5.74, 6) is 4.62. The monoisotopic (exact) mass is 190 g/mol. The lowest BCUT2D eigenvalue weighted by Gasteiger charge is -2.54. The van der Waals surface area contributed by atoms with E-state index in [1.54, 1.807) is 57.8 Å². The van der Waals surface area contributed by atoms with E-state index in [4.69, 9.17) is 0 Å². The minimum atomic E-state index is 0.885. The molecule has 5 bridgehead atoms. The predicted molar refractivity (Wildman–Crippen MR) is 57.9 cm³/mol. The van der Waals surface area contributed by atoms with Crippen LogP contribution in [0.5, 0.6) is 0 Å². The molecule has 4 aliphatic rings. The molecule has 4 rings (SSSR count). The van der Waals surface area contributed by atoms with Crippen molar-refractivity contribution in [3.63, 3.8) is 0 Å². The summed E-state index contributed by atoms with van der Waals surface area (Å²) in [7, 11) is 0. The van der Waals surface area contributed by atoms with Gasteiger partial charge in [-0.3, -0.25) is 0 Å². The van der Waals surface area contributed by atoms with Crippen LogP contribution in [0.4, 0.5) is 0 Å². The Labute approximate surface area is 87.5 Å². The smallest absolute Gasteiger partial charge is 0.0287 e. The molecular formula is C14H22. The van der Waals surface area contributed by atoms with Gasteiger partial charge in [0.15, 0.2) is 0 Å². The summed E-state index contributed by atoms with van der Waals surface area (Å²) in [5, 5.41) is 0. The fourth-order valence-electron chi connectivity index (χ4n) is 5.97. The van der Waals surface area contributed by atoms with Gasteiger partial charge in [-0.1, -0.05) is 12.8 Å². The van der Waals surface area contributed by atoms with Crippen LogP contribution >= 0.6 is 0 Å². The Kier molecular flexibility index (Phi) is 1.50. The summed E-state index contributed by atoms with van der Waals surface area (Å²) in [4.78, 5) is 0. The van der Waals surface area contributed by atoms with Gasteiger partial charge >= 0.3 is 0 Å². The normalized spacial score (nSPS) is 60.0. The van der Waals surface area contributed by atoms with Gasteiger partial charge in [-0.15, -0.1) is 0 Å². The van der Waals surface area contributed by atoms with Gasteiger partial charge in [0.25, 0.3) is 0 Å². The quantitative estimate of drug-likeness (QED) is 0.541. The number of rotatable bonds is 0. The van der Waals surface area contributed by atoms with Gasteiger partial charge < -0.3 is 0 Å². The van der Waals surface area contributed by atoms with E-state index in [1.807, 2.05) is 0 Å². The second kappa shape index (κ2) is 2.57. The van der Waals surface area contributed by atoms with Crippen molar-refractivity contribution < 1.29 is 0 Å². The van der Waals surface area contributed by atoms with Crippen LogP contribution in [0.15, 0.2) is 0 Å². The van der Waals surface area contributed by atoms with E-state index in [1.165, 1.54) is 0 Å². The van der Waals surface area contributed by atoms with Gasteiger partial charge in [0, 0.05) is 0 Å². The zero-order valence-electron chi connectivity index (χ0n) is 9.17. The lowest BCUT2D eigenvalue weighted by atomic mass is 9.51. The van der Waals surface area contributed by atoms with Crippen molar-refractivity contribution in [2.24, 2.45) is 29.1 Å². The Hall–Kier alpha value is 0. The minimum absolute atomic E-state index is 0.885. The number of hydrogen-bond donors (Lipinski definition) is 0. The van der Waals surface area contributed by atoms with Crippen molar-refractivity contribution in [2.45, 2.75) is 57.8 Å². The highest BCUT2D eigenvalue weighted by atomic mass is 14.6. The van der Waals surface area contributed by atoms with E-state index >= 15 is 0 Å².